The lowest BCUT2D eigenvalue weighted by molar-refractivity contribution is -0.146. The van der Waals surface area contributed by atoms with Crippen molar-refractivity contribution in [1.29, 1.82) is 0 Å². The average Bonchev–Trinajstić information content (AvgIpc) is 2.88. The van der Waals surface area contributed by atoms with E-state index in [1.165, 1.54) is 12.1 Å². The van der Waals surface area contributed by atoms with Crippen molar-refractivity contribution in [3.63, 3.8) is 0 Å². The highest BCUT2D eigenvalue weighted by molar-refractivity contribution is 5.89. The van der Waals surface area contributed by atoms with Crippen molar-refractivity contribution in [3.8, 4) is 0 Å². The van der Waals surface area contributed by atoms with Crippen LogP contribution in [0.3, 0.4) is 0 Å². The molecule has 1 aliphatic carbocycles. The van der Waals surface area contributed by atoms with E-state index in [2.05, 4.69) is 10.3 Å². The number of aromatic nitrogens is 1. The number of H-pyrrole nitrogens is 1. The number of rotatable bonds is 4. The number of amides is 1. The molecule has 1 saturated carbocycles. The van der Waals surface area contributed by atoms with E-state index in [4.69, 9.17) is 0 Å². The minimum atomic E-state index is -0.861. The van der Waals surface area contributed by atoms with Gasteiger partial charge in [0.05, 0.1) is 17.9 Å². The van der Waals surface area contributed by atoms with Gasteiger partial charge in [-0.05, 0) is 43.5 Å². The lowest BCUT2D eigenvalue weighted by Crippen LogP contribution is -2.55. The van der Waals surface area contributed by atoms with Crippen molar-refractivity contribution >= 4 is 22.8 Å². The molecule has 128 valence electrons. The van der Waals surface area contributed by atoms with E-state index in [1.807, 2.05) is 6.92 Å². The Kier molecular flexibility index (Phi) is 4.30. The number of fused-ring (bicyclic) bond motifs is 1. The highest BCUT2D eigenvalue weighted by Gasteiger charge is 2.42. The number of nitrogens with one attached hydrogen (secondary N) is 2. The second kappa shape index (κ2) is 6.26. The van der Waals surface area contributed by atoms with Crippen LogP contribution in [-0.2, 0) is 16.0 Å². The van der Waals surface area contributed by atoms with Crippen molar-refractivity contribution in [1.82, 2.24) is 10.3 Å². The summed E-state index contributed by atoms with van der Waals surface area (Å²) in [7, 11) is 0. The minimum Gasteiger partial charge on any atom is -0.481 e. The van der Waals surface area contributed by atoms with Crippen molar-refractivity contribution in [2.75, 3.05) is 0 Å². The van der Waals surface area contributed by atoms with Crippen LogP contribution in [0.5, 0.6) is 0 Å². The van der Waals surface area contributed by atoms with Gasteiger partial charge in [-0.2, -0.15) is 0 Å². The zero-order chi connectivity index (χ0) is 17.3. The summed E-state index contributed by atoms with van der Waals surface area (Å²) in [4.78, 5) is 26.9. The number of carboxylic acids is 1. The number of carbonyl (C=O) groups is 2. The molecule has 1 aromatic heterocycles. The predicted octanol–water partition coefficient (Wildman–Crippen LogP) is 3.00. The molecule has 1 heterocycles. The molecular weight excluding hydrogens is 311 g/mol. The first kappa shape index (κ1) is 16.5. The molecule has 1 fully saturated rings. The zero-order valence-electron chi connectivity index (χ0n) is 13.6. The normalized spacial score (nSPS) is 24.0. The molecule has 0 saturated heterocycles. The third-order valence-electron chi connectivity index (χ3n) is 5.01. The Morgan fingerprint density at radius 3 is 2.96 bits per heavy atom. The summed E-state index contributed by atoms with van der Waals surface area (Å²) in [6.45, 7) is 1.81. The monoisotopic (exact) mass is 332 g/mol. The fourth-order valence-corrected chi connectivity index (χ4v) is 3.72. The number of carbonyl (C=O) groups excluding carboxylic acids is 1. The number of aromatic amines is 1. The summed E-state index contributed by atoms with van der Waals surface area (Å²) in [5.41, 5.74) is 0.693. The van der Waals surface area contributed by atoms with E-state index in [9.17, 15) is 19.1 Å². The van der Waals surface area contributed by atoms with Gasteiger partial charge in [-0.1, -0.05) is 12.8 Å². The van der Waals surface area contributed by atoms with Crippen molar-refractivity contribution in [3.05, 3.63) is 35.8 Å². The maximum Gasteiger partial charge on any atom is 0.308 e. The Bertz CT molecular complexity index is 786. The fraction of sp³-hybridized carbons (Fsp3) is 0.444. The highest BCUT2D eigenvalue weighted by Crippen LogP contribution is 2.34. The van der Waals surface area contributed by atoms with Gasteiger partial charge in [0, 0.05) is 17.1 Å². The Balaban J connectivity index is 1.75. The van der Waals surface area contributed by atoms with Gasteiger partial charge in [-0.15, -0.1) is 0 Å². The molecule has 2 atom stereocenters. The summed E-state index contributed by atoms with van der Waals surface area (Å²) < 4.78 is 13.2. The topological polar surface area (TPSA) is 82.2 Å². The summed E-state index contributed by atoms with van der Waals surface area (Å²) in [6.07, 6.45) is 4.85. The van der Waals surface area contributed by atoms with Crippen molar-refractivity contribution in [2.24, 2.45) is 5.92 Å². The molecule has 24 heavy (non-hydrogen) atoms. The van der Waals surface area contributed by atoms with E-state index in [0.717, 1.165) is 23.8 Å². The lowest BCUT2D eigenvalue weighted by Gasteiger charge is -2.39. The van der Waals surface area contributed by atoms with Gasteiger partial charge in [0.15, 0.2) is 0 Å². The molecule has 1 aliphatic rings. The first-order chi connectivity index (χ1) is 11.4. The molecule has 6 heteroatoms. The van der Waals surface area contributed by atoms with Gasteiger partial charge >= 0.3 is 5.97 Å². The quantitative estimate of drug-likeness (QED) is 0.805. The Hall–Kier alpha value is -2.37. The van der Waals surface area contributed by atoms with Gasteiger partial charge in [-0.3, -0.25) is 9.59 Å². The van der Waals surface area contributed by atoms with Crippen LogP contribution in [0, 0.1) is 11.7 Å². The molecule has 5 nitrogen and oxygen atoms in total. The molecule has 0 radical (unpaired) electrons. The maximum absolute atomic E-state index is 13.2. The molecule has 0 spiro atoms. The van der Waals surface area contributed by atoms with Gasteiger partial charge < -0.3 is 15.4 Å². The number of halogens is 1. The van der Waals surface area contributed by atoms with Crippen molar-refractivity contribution in [2.45, 2.75) is 44.6 Å². The first-order valence-corrected chi connectivity index (χ1v) is 8.18. The molecule has 3 N–H and O–H groups in total. The SMILES string of the molecule is CC1(NC(=O)Cc2c[nH]c3cc(F)ccc23)CCCCC1C(=O)O. The Morgan fingerprint density at radius 1 is 1.42 bits per heavy atom. The summed E-state index contributed by atoms with van der Waals surface area (Å²) in [6, 6.07) is 4.40. The molecule has 2 unspecified atom stereocenters. The van der Waals surface area contributed by atoms with Gasteiger partial charge in [0.2, 0.25) is 5.91 Å². The van der Waals surface area contributed by atoms with Crippen LogP contribution >= 0.6 is 0 Å². The molecule has 2 aromatic rings. The third-order valence-corrected chi connectivity index (χ3v) is 5.01. The number of aliphatic carboxylic acids is 1. The molecular formula is C18H21FN2O3. The second-order valence-electron chi connectivity index (χ2n) is 6.78. The van der Waals surface area contributed by atoms with Crippen LogP contribution in [0.25, 0.3) is 10.9 Å². The summed E-state index contributed by atoms with van der Waals surface area (Å²) >= 11 is 0. The van der Waals surface area contributed by atoms with Gasteiger partial charge in [0.25, 0.3) is 0 Å². The van der Waals surface area contributed by atoms with Gasteiger partial charge in [0.1, 0.15) is 5.82 Å². The average molecular weight is 332 g/mol. The Labute approximate surface area is 139 Å². The molecule has 1 amide bonds. The molecule has 0 bridgehead atoms. The molecule has 1 aromatic carbocycles. The maximum atomic E-state index is 13.2. The van der Waals surface area contributed by atoms with Gasteiger partial charge in [-0.25, -0.2) is 4.39 Å². The van der Waals surface area contributed by atoms with E-state index in [-0.39, 0.29) is 18.1 Å². The standard InChI is InChI=1S/C18H21FN2O3/c1-18(7-3-2-4-14(18)17(23)24)21-16(22)8-11-10-20-15-9-12(19)5-6-13(11)15/h5-6,9-10,14,20H,2-4,7-8H2,1H3,(H,21,22)(H,23,24). The van der Waals surface area contributed by atoms with E-state index < -0.39 is 17.4 Å². The lowest BCUT2D eigenvalue weighted by atomic mass is 9.74. The number of hydrogen-bond acceptors (Lipinski definition) is 2. The van der Waals surface area contributed by atoms with Crippen LogP contribution in [0.15, 0.2) is 24.4 Å². The van der Waals surface area contributed by atoms with E-state index in [0.29, 0.717) is 18.4 Å². The summed E-state index contributed by atoms with van der Waals surface area (Å²) in [5, 5.41) is 13.2. The van der Waals surface area contributed by atoms with Crippen LogP contribution in [0.1, 0.15) is 38.2 Å². The smallest absolute Gasteiger partial charge is 0.308 e. The minimum absolute atomic E-state index is 0.133. The predicted molar refractivity (Wildman–Crippen MR) is 88.1 cm³/mol. The number of benzene rings is 1. The zero-order valence-corrected chi connectivity index (χ0v) is 13.6. The molecule has 3 rings (SSSR count). The van der Waals surface area contributed by atoms with Crippen LogP contribution in [0.4, 0.5) is 4.39 Å². The fourth-order valence-electron chi connectivity index (χ4n) is 3.72. The summed E-state index contributed by atoms with van der Waals surface area (Å²) in [5.74, 6) is -1.97. The number of carboxylic acid groups (broad SMARTS) is 1. The van der Waals surface area contributed by atoms with Crippen LogP contribution in [0.2, 0.25) is 0 Å². The van der Waals surface area contributed by atoms with E-state index in [1.54, 1.807) is 12.3 Å². The second-order valence-corrected chi connectivity index (χ2v) is 6.78. The van der Waals surface area contributed by atoms with E-state index >= 15 is 0 Å². The largest absolute Gasteiger partial charge is 0.481 e. The highest BCUT2D eigenvalue weighted by atomic mass is 19.1. The van der Waals surface area contributed by atoms with Crippen molar-refractivity contribution < 1.29 is 19.1 Å². The van der Waals surface area contributed by atoms with Crippen LogP contribution in [-0.4, -0.2) is 27.5 Å². The Morgan fingerprint density at radius 2 is 2.21 bits per heavy atom. The van der Waals surface area contributed by atoms with Crippen LogP contribution < -0.4 is 5.32 Å². The molecule has 0 aliphatic heterocycles. The third kappa shape index (κ3) is 3.13. The first-order valence-electron chi connectivity index (χ1n) is 8.18. The number of hydrogen-bond donors (Lipinski definition) is 3.